The number of hydrogen-bond acceptors (Lipinski definition) is 6. The van der Waals surface area contributed by atoms with Crippen LogP contribution in [0, 0.1) is 6.92 Å². The molecule has 2 heterocycles. The molecule has 1 aromatic heterocycles. The molecule has 0 radical (unpaired) electrons. The predicted octanol–water partition coefficient (Wildman–Crippen LogP) is 1.67. The highest BCUT2D eigenvalue weighted by molar-refractivity contribution is 7.11. The average Bonchev–Trinajstić information content (AvgIpc) is 3.02. The van der Waals surface area contributed by atoms with Crippen molar-refractivity contribution in [2.45, 2.75) is 39.8 Å². The van der Waals surface area contributed by atoms with Crippen molar-refractivity contribution in [2.24, 2.45) is 4.99 Å². The summed E-state index contributed by atoms with van der Waals surface area (Å²) in [5, 5.41) is 7.66. The van der Waals surface area contributed by atoms with Crippen LogP contribution in [0.4, 0.5) is 4.79 Å². The molecule has 8 nitrogen and oxygen atoms in total. The molecule has 0 aliphatic carbocycles. The van der Waals surface area contributed by atoms with Crippen molar-refractivity contribution in [1.82, 2.24) is 25.4 Å². The third kappa shape index (κ3) is 7.72. The molecule has 0 aromatic carbocycles. The fourth-order valence-electron chi connectivity index (χ4n) is 2.68. The number of carbonyl (C=O) groups is 1. The molecule has 1 fully saturated rings. The minimum atomic E-state index is -0.446. The molecule has 1 aliphatic rings. The van der Waals surface area contributed by atoms with Crippen molar-refractivity contribution in [3.8, 4) is 0 Å². The molecule has 9 heteroatoms. The predicted molar refractivity (Wildman–Crippen MR) is 109 cm³/mol. The summed E-state index contributed by atoms with van der Waals surface area (Å²) in [5.41, 5.74) is -0.446. The van der Waals surface area contributed by atoms with Gasteiger partial charge in [-0.2, -0.15) is 0 Å². The first kappa shape index (κ1) is 21.4. The van der Waals surface area contributed by atoms with E-state index in [1.54, 1.807) is 23.3 Å². The van der Waals surface area contributed by atoms with Crippen molar-refractivity contribution < 1.29 is 9.53 Å². The molecule has 0 spiro atoms. The average molecular weight is 397 g/mol. The largest absolute Gasteiger partial charge is 0.444 e. The molecule has 27 heavy (non-hydrogen) atoms. The Morgan fingerprint density at radius 1 is 1.30 bits per heavy atom. The van der Waals surface area contributed by atoms with Gasteiger partial charge in [0.15, 0.2) is 5.96 Å². The van der Waals surface area contributed by atoms with E-state index in [1.165, 1.54) is 4.88 Å². The van der Waals surface area contributed by atoms with Crippen LogP contribution in [0.1, 0.15) is 30.7 Å². The second-order valence-corrected chi connectivity index (χ2v) is 8.85. The second-order valence-electron chi connectivity index (χ2n) is 7.53. The van der Waals surface area contributed by atoms with Crippen LogP contribution >= 0.6 is 11.3 Å². The Kier molecular flexibility index (Phi) is 7.85. The molecule has 0 atom stereocenters. The second kappa shape index (κ2) is 9.89. The number of thiazole rings is 1. The lowest BCUT2D eigenvalue weighted by Gasteiger charge is -2.35. The van der Waals surface area contributed by atoms with Crippen LogP contribution in [0.25, 0.3) is 0 Å². The van der Waals surface area contributed by atoms with Crippen molar-refractivity contribution >= 4 is 23.4 Å². The normalized spacial score (nSPS) is 16.3. The van der Waals surface area contributed by atoms with Gasteiger partial charge in [0.25, 0.3) is 0 Å². The van der Waals surface area contributed by atoms with E-state index < -0.39 is 5.60 Å². The summed E-state index contributed by atoms with van der Waals surface area (Å²) in [6.45, 7) is 13.2. The number of nitrogens with one attached hydrogen (secondary N) is 2. The van der Waals surface area contributed by atoms with Crippen molar-refractivity contribution in [2.75, 3.05) is 46.3 Å². The first-order chi connectivity index (χ1) is 12.8. The van der Waals surface area contributed by atoms with Gasteiger partial charge >= 0.3 is 6.09 Å². The zero-order chi connectivity index (χ0) is 19.9. The summed E-state index contributed by atoms with van der Waals surface area (Å²) in [4.78, 5) is 26.0. The first-order valence-electron chi connectivity index (χ1n) is 9.33. The summed E-state index contributed by atoms with van der Waals surface area (Å²) >= 11 is 1.69. The van der Waals surface area contributed by atoms with Gasteiger partial charge in [-0.25, -0.2) is 9.78 Å². The molecular formula is C18H32N6O2S. The Morgan fingerprint density at radius 3 is 2.56 bits per heavy atom. The van der Waals surface area contributed by atoms with Gasteiger partial charge in [0, 0.05) is 57.4 Å². The van der Waals surface area contributed by atoms with Gasteiger partial charge in [-0.15, -0.1) is 11.3 Å². The van der Waals surface area contributed by atoms with Gasteiger partial charge in [-0.1, -0.05) is 0 Å². The van der Waals surface area contributed by atoms with E-state index in [0.717, 1.165) is 37.1 Å². The highest BCUT2D eigenvalue weighted by atomic mass is 32.1. The number of guanidine groups is 1. The summed E-state index contributed by atoms with van der Waals surface area (Å²) in [6.07, 6.45) is 1.66. The molecular weight excluding hydrogens is 364 g/mol. The third-order valence-electron chi connectivity index (χ3n) is 4.04. The summed E-state index contributed by atoms with van der Waals surface area (Å²) < 4.78 is 5.43. The van der Waals surface area contributed by atoms with Crippen LogP contribution in [-0.4, -0.2) is 78.8 Å². The van der Waals surface area contributed by atoms with E-state index in [1.807, 2.05) is 27.0 Å². The number of aromatic nitrogens is 1. The zero-order valence-corrected chi connectivity index (χ0v) is 17.9. The molecule has 0 saturated carbocycles. The van der Waals surface area contributed by atoms with Gasteiger partial charge < -0.3 is 20.3 Å². The molecule has 1 amide bonds. The van der Waals surface area contributed by atoms with Crippen LogP contribution in [-0.2, 0) is 11.3 Å². The molecule has 2 rings (SSSR count). The van der Waals surface area contributed by atoms with Crippen LogP contribution < -0.4 is 10.6 Å². The standard InChI is InChI=1S/C18H32N6O2S/c1-14-12-21-15(27-14)13-22-16(19-5)20-6-7-23-8-10-24(11-9-23)17(25)26-18(2,3)4/h12H,6-11,13H2,1-5H3,(H2,19,20,22). The van der Waals surface area contributed by atoms with Crippen LogP contribution in [0.5, 0.6) is 0 Å². The smallest absolute Gasteiger partial charge is 0.410 e. The highest BCUT2D eigenvalue weighted by Gasteiger charge is 2.25. The third-order valence-corrected chi connectivity index (χ3v) is 4.96. The lowest BCUT2D eigenvalue weighted by Crippen LogP contribution is -2.51. The monoisotopic (exact) mass is 396 g/mol. The number of aliphatic imine (C=N–C) groups is 1. The van der Waals surface area contributed by atoms with Crippen LogP contribution in [0.3, 0.4) is 0 Å². The Labute approximate surface area is 166 Å². The summed E-state index contributed by atoms with van der Waals surface area (Å²) in [7, 11) is 1.77. The number of amides is 1. The Bertz CT molecular complexity index is 632. The quantitative estimate of drug-likeness (QED) is 0.582. The summed E-state index contributed by atoms with van der Waals surface area (Å²) in [6, 6.07) is 0. The number of carbonyl (C=O) groups excluding carboxylic acids is 1. The number of piperazine rings is 1. The maximum Gasteiger partial charge on any atom is 0.410 e. The number of ether oxygens (including phenoxy) is 1. The molecule has 1 saturated heterocycles. The van der Waals surface area contributed by atoms with E-state index >= 15 is 0 Å². The van der Waals surface area contributed by atoms with Crippen LogP contribution in [0.2, 0.25) is 0 Å². The van der Waals surface area contributed by atoms with Crippen molar-refractivity contribution in [1.29, 1.82) is 0 Å². The Morgan fingerprint density at radius 2 is 2.00 bits per heavy atom. The maximum absolute atomic E-state index is 12.1. The molecule has 0 bridgehead atoms. The minimum absolute atomic E-state index is 0.220. The van der Waals surface area contributed by atoms with Gasteiger partial charge in [0.05, 0.1) is 6.54 Å². The van der Waals surface area contributed by atoms with Crippen LogP contribution in [0.15, 0.2) is 11.2 Å². The lowest BCUT2D eigenvalue weighted by molar-refractivity contribution is 0.0147. The number of rotatable bonds is 5. The number of hydrogen-bond donors (Lipinski definition) is 2. The molecule has 1 aliphatic heterocycles. The molecule has 1 aromatic rings. The summed E-state index contributed by atoms with van der Waals surface area (Å²) in [5.74, 6) is 0.773. The van der Waals surface area contributed by atoms with E-state index in [0.29, 0.717) is 19.6 Å². The molecule has 0 unspecified atom stereocenters. The zero-order valence-electron chi connectivity index (χ0n) is 17.0. The van der Waals surface area contributed by atoms with Gasteiger partial charge in [-0.3, -0.25) is 9.89 Å². The Balaban J connectivity index is 1.63. The Hall–Kier alpha value is -1.87. The van der Waals surface area contributed by atoms with Gasteiger partial charge in [-0.05, 0) is 27.7 Å². The van der Waals surface area contributed by atoms with Gasteiger partial charge in [0.1, 0.15) is 10.6 Å². The van der Waals surface area contributed by atoms with Crippen molar-refractivity contribution in [3.63, 3.8) is 0 Å². The fourth-order valence-corrected chi connectivity index (χ4v) is 3.40. The lowest BCUT2D eigenvalue weighted by atomic mass is 10.2. The molecule has 152 valence electrons. The SMILES string of the molecule is CN=C(NCCN1CCN(C(=O)OC(C)(C)C)CC1)NCc1ncc(C)s1. The van der Waals surface area contributed by atoms with E-state index in [-0.39, 0.29) is 6.09 Å². The van der Waals surface area contributed by atoms with Crippen molar-refractivity contribution in [3.05, 3.63) is 16.1 Å². The fraction of sp³-hybridized carbons (Fsp3) is 0.722. The first-order valence-corrected chi connectivity index (χ1v) is 10.1. The maximum atomic E-state index is 12.1. The van der Waals surface area contributed by atoms with E-state index in [4.69, 9.17) is 4.74 Å². The highest BCUT2D eigenvalue weighted by Crippen LogP contribution is 2.12. The van der Waals surface area contributed by atoms with E-state index in [9.17, 15) is 4.79 Å². The molecule has 2 N–H and O–H groups in total. The number of aryl methyl sites for hydroxylation is 1. The van der Waals surface area contributed by atoms with E-state index in [2.05, 4.69) is 32.4 Å². The topological polar surface area (TPSA) is 82.1 Å². The minimum Gasteiger partial charge on any atom is -0.444 e. The number of nitrogens with zero attached hydrogens (tertiary/aromatic N) is 4. The van der Waals surface area contributed by atoms with Gasteiger partial charge in [0.2, 0.25) is 0 Å².